The van der Waals surface area contributed by atoms with Gasteiger partial charge in [0, 0.05) is 5.02 Å². The Morgan fingerprint density at radius 3 is 2.28 bits per heavy atom. The highest BCUT2D eigenvalue weighted by Gasteiger charge is 2.35. The topological polar surface area (TPSA) is 108 Å². The van der Waals surface area contributed by atoms with E-state index < -0.39 is 21.3 Å². The lowest BCUT2D eigenvalue weighted by Gasteiger charge is -2.13. The van der Waals surface area contributed by atoms with Gasteiger partial charge in [-0.2, -0.15) is 8.42 Å². The number of hydrogen-bond acceptors (Lipinski definition) is 9. The molecule has 0 aromatic heterocycles. The average Bonchev–Trinajstić information content (AvgIpc) is 3.18. The van der Waals surface area contributed by atoms with Crippen LogP contribution in [0, 0.1) is 0 Å². The molecule has 3 aromatic carbocycles. The fourth-order valence-corrected chi connectivity index (χ4v) is 5.42. The van der Waals surface area contributed by atoms with Crippen molar-refractivity contribution in [1.82, 2.24) is 4.90 Å². The molecule has 1 heterocycles. The van der Waals surface area contributed by atoms with Crippen molar-refractivity contribution >= 4 is 50.7 Å². The molecule has 1 aliphatic heterocycles. The number of nitrogens with zero attached hydrogens (tertiary/aromatic N) is 1. The van der Waals surface area contributed by atoms with Gasteiger partial charge < -0.3 is 18.4 Å². The molecule has 12 heteroatoms. The van der Waals surface area contributed by atoms with Crippen LogP contribution in [0.25, 0.3) is 6.08 Å². The van der Waals surface area contributed by atoms with Crippen molar-refractivity contribution in [1.29, 1.82) is 0 Å². The summed E-state index contributed by atoms with van der Waals surface area (Å²) < 4.78 is 47.2. The van der Waals surface area contributed by atoms with Crippen molar-refractivity contribution in [2.24, 2.45) is 0 Å². The van der Waals surface area contributed by atoms with Gasteiger partial charge in [-0.1, -0.05) is 17.7 Å². The van der Waals surface area contributed by atoms with Gasteiger partial charge in [0.05, 0.1) is 25.2 Å². The number of amides is 2. The number of imide groups is 1. The molecule has 0 radical (unpaired) electrons. The standard InChI is InChI=1S/C27H24ClNO8S2/c1-3-35-24-16-18(4-13-23(24)37-39(32,33)22-11-9-20(34-2)10-12-22)17-25-26(30)29(27(31)38-25)14-15-36-21-7-5-19(28)6-8-21/h4-13,16-17H,3,14-15H2,1-2H3/b25-17-. The van der Waals surface area contributed by atoms with E-state index in [1.54, 1.807) is 43.3 Å². The second kappa shape index (κ2) is 12.5. The van der Waals surface area contributed by atoms with Crippen molar-refractivity contribution in [3.63, 3.8) is 0 Å². The molecule has 0 aliphatic carbocycles. The molecule has 2 amide bonds. The maximum Gasteiger partial charge on any atom is 0.339 e. The molecule has 1 fully saturated rings. The summed E-state index contributed by atoms with van der Waals surface area (Å²) in [6.07, 6.45) is 1.54. The number of methoxy groups -OCH3 is 1. The Morgan fingerprint density at radius 1 is 0.923 bits per heavy atom. The zero-order chi connectivity index (χ0) is 28.0. The van der Waals surface area contributed by atoms with Crippen LogP contribution in [-0.2, 0) is 14.9 Å². The smallest absolute Gasteiger partial charge is 0.339 e. The predicted octanol–water partition coefficient (Wildman–Crippen LogP) is 5.63. The van der Waals surface area contributed by atoms with Crippen LogP contribution in [0.5, 0.6) is 23.0 Å². The van der Waals surface area contributed by atoms with E-state index in [1.165, 1.54) is 43.5 Å². The molecular weight excluding hydrogens is 566 g/mol. The fourth-order valence-electron chi connectivity index (χ4n) is 3.49. The highest BCUT2D eigenvalue weighted by Crippen LogP contribution is 2.35. The highest BCUT2D eigenvalue weighted by atomic mass is 35.5. The first-order valence-corrected chi connectivity index (χ1v) is 14.3. The van der Waals surface area contributed by atoms with E-state index in [0.717, 1.165) is 16.7 Å². The van der Waals surface area contributed by atoms with Crippen molar-refractivity contribution in [2.75, 3.05) is 26.9 Å². The second-order valence-corrected chi connectivity index (χ2v) is 11.0. The number of rotatable bonds is 11. The van der Waals surface area contributed by atoms with Crippen molar-refractivity contribution in [2.45, 2.75) is 11.8 Å². The van der Waals surface area contributed by atoms with Gasteiger partial charge in [-0.05, 0) is 91.0 Å². The Balaban J connectivity index is 1.47. The fraction of sp³-hybridized carbons (Fsp3) is 0.185. The van der Waals surface area contributed by atoms with Gasteiger partial charge in [-0.15, -0.1) is 0 Å². The third-order valence-corrected chi connectivity index (χ3v) is 7.79. The van der Waals surface area contributed by atoms with Gasteiger partial charge >= 0.3 is 10.1 Å². The zero-order valence-electron chi connectivity index (χ0n) is 21.0. The second-order valence-electron chi connectivity index (χ2n) is 7.99. The maximum absolute atomic E-state index is 12.9. The number of thioether (sulfide) groups is 1. The van der Waals surface area contributed by atoms with E-state index in [1.807, 2.05) is 0 Å². The Hall–Kier alpha value is -3.67. The van der Waals surface area contributed by atoms with Crippen molar-refractivity contribution < 1.29 is 36.4 Å². The molecule has 1 aliphatic rings. The minimum absolute atomic E-state index is 0.0164. The molecule has 0 saturated carbocycles. The maximum atomic E-state index is 12.9. The first-order chi connectivity index (χ1) is 18.7. The Morgan fingerprint density at radius 2 is 1.62 bits per heavy atom. The molecule has 0 bridgehead atoms. The van der Waals surface area contributed by atoms with Crippen LogP contribution in [0.1, 0.15) is 12.5 Å². The molecule has 0 spiro atoms. The molecule has 1 saturated heterocycles. The number of benzene rings is 3. The molecule has 4 rings (SSSR count). The monoisotopic (exact) mass is 589 g/mol. The molecule has 0 N–H and O–H groups in total. The predicted molar refractivity (Wildman–Crippen MR) is 148 cm³/mol. The van der Waals surface area contributed by atoms with Crippen LogP contribution in [0.15, 0.2) is 76.5 Å². The van der Waals surface area contributed by atoms with Gasteiger partial charge in [0.2, 0.25) is 0 Å². The van der Waals surface area contributed by atoms with E-state index in [4.69, 9.17) is 30.0 Å². The molecule has 204 valence electrons. The number of ether oxygens (including phenoxy) is 3. The van der Waals surface area contributed by atoms with Gasteiger partial charge in [0.15, 0.2) is 11.5 Å². The number of carbonyl (C=O) groups excluding carboxylic acids is 2. The summed E-state index contributed by atoms with van der Waals surface area (Å²) in [6, 6.07) is 17.1. The van der Waals surface area contributed by atoms with Gasteiger partial charge in [-0.25, -0.2) is 0 Å². The van der Waals surface area contributed by atoms with Crippen LogP contribution in [0.3, 0.4) is 0 Å². The number of halogens is 1. The lowest BCUT2D eigenvalue weighted by atomic mass is 10.2. The van der Waals surface area contributed by atoms with Crippen LogP contribution in [0.2, 0.25) is 5.02 Å². The summed E-state index contributed by atoms with van der Waals surface area (Å²) in [5.74, 6) is 0.773. The minimum atomic E-state index is -4.15. The molecule has 3 aromatic rings. The first-order valence-electron chi connectivity index (χ1n) is 11.7. The third kappa shape index (κ3) is 7.05. The summed E-state index contributed by atoms with van der Waals surface area (Å²) >= 11 is 6.67. The Bertz CT molecular complexity index is 1490. The van der Waals surface area contributed by atoms with Crippen LogP contribution in [0.4, 0.5) is 4.79 Å². The molecule has 0 unspecified atom stereocenters. The summed E-state index contributed by atoms with van der Waals surface area (Å²) in [5.41, 5.74) is 0.524. The number of hydrogen-bond donors (Lipinski definition) is 0. The van der Waals surface area contributed by atoms with Crippen LogP contribution in [-0.4, -0.2) is 51.3 Å². The van der Waals surface area contributed by atoms with Crippen molar-refractivity contribution in [3.8, 4) is 23.0 Å². The molecule has 9 nitrogen and oxygen atoms in total. The Kier molecular flexibility index (Phi) is 9.05. The zero-order valence-corrected chi connectivity index (χ0v) is 23.3. The molecule has 39 heavy (non-hydrogen) atoms. The summed E-state index contributed by atoms with van der Waals surface area (Å²) in [4.78, 5) is 26.6. The van der Waals surface area contributed by atoms with Gasteiger partial charge in [0.1, 0.15) is 23.0 Å². The van der Waals surface area contributed by atoms with E-state index in [-0.39, 0.29) is 41.1 Å². The normalized spacial score (nSPS) is 14.5. The lowest BCUT2D eigenvalue weighted by molar-refractivity contribution is -0.123. The van der Waals surface area contributed by atoms with Crippen LogP contribution >= 0.6 is 23.4 Å². The number of carbonyl (C=O) groups is 2. The molecule has 0 atom stereocenters. The van der Waals surface area contributed by atoms with Crippen molar-refractivity contribution in [3.05, 3.63) is 82.2 Å². The lowest BCUT2D eigenvalue weighted by Crippen LogP contribution is -2.32. The summed E-state index contributed by atoms with van der Waals surface area (Å²) in [7, 11) is -2.67. The SMILES string of the molecule is CCOc1cc(/C=C2\SC(=O)N(CCOc3ccc(Cl)cc3)C2=O)ccc1OS(=O)(=O)c1ccc(OC)cc1. The Labute approximate surface area is 235 Å². The van der Waals surface area contributed by atoms with Gasteiger partial charge in [-0.3, -0.25) is 14.5 Å². The minimum Gasteiger partial charge on any atom is -0.497 e. The largest absolute Gasteiger partial charge is 0.497 e. The summed E-state index contributed by atoms with van der Waals surface area (Å²) in [6.45, 7) is 2.18. The van der Waals surface area contributed by atoms with E-state index in [0.29, 0.717) is 22.1 Å². The van der Waals surface area contributed by atoms with E-state index >= 15 is 0 Å². The van der Waals surface area contributed by atoms with Gasteiger partial charge in [0.25, 0.3) is 11.1 Å². The first kappa shape index (κ1) is 28.3. The highest BCUT2D eigenvalue weighted by molar-refractivity contribution is 8.18. The molecular formula is C27H24ClNO8S2. The average molecular weight is 590 g/mol. The quantitative estimate of drug-likeness (QED) is 0.208. The van der Waals surface area contributed by atoms with E-state index in [2.05, 4.69) is 0 Å². The van der Waals surface area contributed by atoms with E-state index in [9.17, 15) is 18.0 Å². The summed E-state index contributed by atoms with van der Waals surface area (Å²) in [5, 5.41) is 0.158. The van der Waals surface area contributed by atoms with Crippen LogP contribution < -0.4 is 18.4 Å². The third-order valence-electron chi connectivity index (χ3n) is 5.38.